The molecule has 0 unspecified atom stereocenters. The van der Waals surface area contributed by atoms with Gasteiger partial charge in [-0.1, -0.05) is 0 Å². The fourth-order valence-electron chi connectivity index (χ4n) is 0.838. The van der Waals surface area contributed by atoms with Crippen LogP contribution in [-0.2, 0) is 0 Å². The average molecular weight is 278 g/mol. The Balaban J connectivity index is 3.36. The number of ketones is 1. The number of halogens is 1. The molecule has 12 heavy (non-hydrogen) atoms. The van der Waals surface area contributed by atoms with Gasteiger partial charge in [0.1, 0.15) is 11.5 Å². The zero-order valence-electron chi connectivity index (χ0n) is 6.34. The first-order chi connectivity index (χ1) is 5.54. The molecular weight excluding hydrogens is 271 g/mol. The van der Waals surface area contributed by atoms with Crippen LogP contribution < -0.4 is 0 Å². The summed E-state index contributed by atoms with van der Waals surface area (Å²) in [5.74, 6) is -0.383. The number of phenols is 2. The lowest BCUT2D eigenvalue weighted by molar-refractivity contribution is 0.101. The van der Waals surface area contributed by atoms with Gasteiger partial charge in [-0.05, 0) is 41.6 Å². The van der Waals surface area contributed by atoms with Crippen LogP contribution >= 0.6 is 22.6 Å². The molecule has 4 heteroatoms. The highest BCUT2D eigenvalue weighted by atomic mass is 127. The average Bonchev–Trinajstić information content (AvgIpc) is 2.00. The van der Waals surface area contributed by atoms with Crippen molar-refractivity contribution in [3.05, 3.63) is 21.3 Å². The molecular formula is C8H7IO3. The van der Waals surface area contributed by atoms with Crippen molar-refractivity contribution >= 4 is 28.4 Å². The lowest BCUT2D eigenvalue weighted by atomic mass is 10.1. The number of phenolic OH excluding ortho intramolecular Hbond substituents is 2. The molecule has 3 nitrogen and oxygen atoms in total. The summed E-state index contributed by atoms with van der Waals surface area (Å²) >= 11 is 1.78. The molecule has 0 amide bonds. The lowest BCUT2D eigenvalue weighted by Gasteiger charge is -2.03. The van der Waals surface area contributed by atoms with Crippen molar-refractivity contribution in [1.82, 2.24) is 0 Å². The van der Waals surface area contributed by atoms with E-state index in [2.05, 4.69) is 0 Å². The first kappa shape index (κ1) is 9.31. The van der Waals surface area contributed by atoms with Crippen molar-refractivity contribution < 1.29 is 15.0 Å². The summed E-state index contributed by atoms with van der Waals surface area (Å²) < 4.78 is 0.306. The van der Waals surface area contributed by atoms with Gasteiger partial charge < -0.3 is 10.2 Å². The Morgan fingerprint density at radius 3 is 2.50 bits per heavy atom. The van der Waals surface area contributed by atoms with Crippen LogP contribution in [0.3, 0.4) is 0 Å². The Morgan fingerprint density at radius 2 is 2.00 bits per heavy atom. The molecule has 1 rings (SSSR count). The summed E-state index contributed by atoms with van der Waals surface area (Å²) in [6.45, 7) is 1.36. The number of carbonyl (C=O) groups is 1. The van der Waals surface area contributed by atoms with E-state index in [1.165, 1.54) is 19.1 Å². The third-order valence-electron chi connectivity index (χ3n) is 1.48. The summed E-state index contributed by atoms with van der Waals surface area (Å²) in [7, 11) is 0. The van der Waals surface area contributed by atoms with Gasteiger partial charge in [0.15, 0.2) is 5.78 Å². The molecule has 0 aliphatic rings. The minimum Gasteiger partial charge on any atom is -0.507 e. The normalized spacial score (nSPS) is 9.83. The van der Waals surface area contributed by atoms with Crippen molar-refractivity contribution in [1.29, 1.82) is 0 Å². The fourth-order valence-corrected chi connectivity index (χ4v) is 1.31. The number of Topliss-reactive ketones (excluding diaryl/α,β-unsaturated/α-hetero) is 1. The standard InChI is InChI=1S/C8H7IO3/c1-4(10)5-2-3-6(11)7(9)8(5)12/h2-3,11-12H,1H3. The molecule has 0 saturated carbocycles. The molecule has 64 valence electrons. The first-order valence-corrected chi connectivity index (χ1v) is 4.33. The molecule has 0 radical (unpaired) electrons. The van der Waals surface area contributed by atoms with Gasteiger partial charge in [0.25, 0.3) is 0 Å². The van der Waals surface area contributed by atoms with Crippen molar-refractivity contribution in [2.45, 2.75) is 6.92 Å². The molecule has 0 aliphatic carbocycles. The molecule has 1 aromatic rings. The lowest BCUT2D eigenvalue weighted by Crippen LogP contribution is -1.93. The smallest absolute Gasteiger partial charge is 0.163 e. The molecule has 0 spiro atoms. The van der Waals surface area contributed by atoms with Crippen LogP contribution in [0.25, 0.3) is 0 Å². The van der Waals surface area contributed by atoms with Crippen molar-refractivity contribution in [2.75, 3.05) is 0 Å². The van der Waals surface area contributed by atoms with E-state index in [-0.39, 0.29) is 22.8 Å². The van der Waals surface area contributed by atoms with Crippen LogP contribution in [-0.4, -0.2) is 16.0 Å². The summed E-state index contributed by atoms with van der Waals surface area (Å²) in [4.78, 5) is 10.9. The van der Waals surface area contributed by atoms with Crippen LogP contribution in [0, 0.1) is 3.57 Å². The molecule has 0 bridgehead atoms. The van der Waals surface area contributed by atoms with Crippen LogP contribution in [0.5, 0.6) is 11.5 Å². The van der Waals surface area contributed by atoms with Gasteiger partial charge in [-0.2, -0.15) is 0 Å². The second-order valence-electron chi connectivity index (χ2n) is 2.35. The maximum absolute atomic E-state index is 10.9. The Morgan fingerprint density at radius 1 is 1.42 bits per heavy atom. The fraction of sp³-hybridized carbons (Fsp3) is 0.125. The van der Waals surface area contributed by atoms with Crippen molar-refractivity contribution in [3.63, 3.8) is 0 Å². The van der Waals surface area contributed by atoms with Gasteiger partial charge in [0.2, 0.25) is 0 Å². The van der Waals surface area contributed by atoms with E-state index in [0.717, 1.165) is 0 Å². The molecule has 0 aromatic heterocycles. The van der Waals surface area contributed by atoms with E-state index >= 15 is 0 Å². The molecule has 0 saturated heterocycles. The zero-order valence-corrected chi connectivity index (χ0v) is 8.49. The quantitative estimate of drug-likeness (QED) is 0.609. The highest BCUT2D eigenvalue weighted by Crippen LogP contribution is 2.31. The maximum Gasteiger partial charge on any atom is 0.163 e. The SMILES string of the molecule is CC(=O)c1ccc(O)c(I)c1O. The minimum absolute atomic E-state index is 0.0156. The predicted octanol–water partition coefficient (Wildman–Crippen LogP) is 1.91. The summed E-state index contributed by atoms with van der Waals surface area (Å²) in [5, 5.41) is 18.5. The van der Waals surface area contributed by atoms with E-state index in [1.807, 2.05) is 0 Å². The molecule has 0 fully saturated rings. The number of hydrogen-bond donors (Lipinski definition) is 2. The van der Waals surface area contributed by atoms with E-state index in [1.54, 1.807) is 22.6 Å². The van der Waals surface area contributed by atoms with E-state index < -0.39 is 0 Å². The number of hydrogen-bond acceptors (Lipinski definition) is 3. The Labute approximate surface area is 83.2 Å². The molecule has 0 atom stereocenters. The Hall–Kier alpha value is -0.780. The highest BCUT2D eigenvalue weighted by molar-refractivity contribution is 14.1. The van der Waals surface area contributed by atoms with E-state index in [4.69, 9.17) is 5.11 Å². The Bertz CT molecular complexity index is 333. The molecule has 0 aliphatic heterocycles. The minimum atomic E-state index is -0.217. The van der Waals surface area contributed by atoms with Gasteiger partial charge >= 0.3 is 0 Å². The van der Waals surface area contributed by atoms with Crippen molar-refractivity contribution in [3.8, 4) is 11.5 Å². The van der Waals surface area contributed by atoms with E-state index in [9.17, 15) is 9.90 Å². The summed E-state index contributed by atoms with van der Waals surface area (Å²) in [6, 6.07) is 2.79. The summed E-state index contributed by atoms with van der Waals surface area (Å²) in [6.07, 6.45) is 0. The van der Waals surface area contributed by atoms with Crippen molar-refractivity contribution in [2.24, 2.45) is 0 Å². The van der Waals surface area contributed by atoms with Gasteiger partial charge in [0.05, 0.1) is 9.13 Å². The van der Waals surface area contributed by atoms with Crippen LogP contribution in [0.2, 0.25) is 0 Å². The topological polar surface area (TPSA) is 57.5 Å². The van der Waals surface area contributed by atoms with Crippen LogP contribution in [0.15, 0.2) is 12.1 Å². The molecule has 2 N–H and O–H groups in total. The third kappa shape index (κ3) is 1.52. The number of aromatic hydroxyl groups is 2. The van der Waals surface area contributed by atoms with Gasteiger partial charge in [0, 0.05) is 0 Å². The summed E-state index contributed by atoms with van der Waals surface area (Å²) in [5.41, 5.74) is 0.234. The van der Waals surface area contributed by atoms with Gasteiger partial charge in [-0.25, -0.2) is 0 Å². The van der Waals surface area contributed by atoms with Crippen LogP contribution in [0.1, 0.15) is 17.3 Å². The number of rotatable bonds is 1. The maximum atomic E-state index is 10.9. The number of carbonyl (C=O) groups excluding carboxylic acids is 1. The predicted molar refractivity (Wildman–Crippen MR) is 52.5 cm³/mol. The second-order valence-corrected chi connectivity index (χ2v) is 3.43. The largest absolute Gasteiger partial charge is 0.507 e. The van der Waals surface area contributed by atoms with Gasteiger partial charge in [-0.15, -0.1) is 0 Å². The van der Waals surface area contributed by atoms with Crippen LogP contribution in [0.4, 0.5) is 0 Å². The monoisotopic (exact) mass is 278 g/mol. The van der Waals surface area contributed by atoms with E-state index in [0.29, 0.717) is 3.57 Å². The second kappa shape index (κ2) is 3.30. The molecule has 0 heterocycles. The Kier molecular flexibility index (Phi) is 2.56. The third-order valence-corrected chi connectivity index (χ3v) is 2.54. The van der Waals surface area contributed by atoms with Gasteiger partial charge in [-0.3, -0.25) is 4.79 Å². The highest BCUT2D eigenvalue weighted by Gasteiger charge is 2.11. The number of benzene rings is 1. The zero-order chi connectivity index (χ0) is 9.30. The molecule has 1 aromatic carbocycles. The first-order valence-electron chi connectivity index (χ1n) is 3.25.